The molecule has 3 aromatic carbocycles. The van der Waals surface area contributed by atoms with E-state index in [2.05, 4.69) is 0 Å². The minimum absolute atomic E-state index is 0.0670. The molecule has 1 unspecified atom stereocenters. The fourth-order valence-electron chi connectivity index (χ4n) is 4.17. The molecule has 0 aromatic heterocycles. The highest BCUT2D eigenvalue weighted by Crippen LogP contribution is 2.40. The van der Waals surface area contributed by atoms with Gasteiger partial charge in [0, 0.05) is 12.1 Å². The van der Waals surface area contributed by atoms with Crippen molar-refractivity contribution in [3.63, 3.8) is 0 Å². The van der Waals surface area contributed by atoms with Crippen molar-refractivity contribution < 1.29 is 24.2 Å². The van der Waals surface area contributed by atoms with E-state index >= 15 is 0 Å². The van der Waals surface area contributed by atoms with Gasteiger partial charge in [-0.15, -0.1) is 0 Å². The van der Waals surface area contributed by atoms with E-state index in [4.69, 9.17) is 9.47 Å². The minimum atomic E-state index is -0.734. The number of rotatable bonds is 9. The Kier molecular flexibility index (Phi) is 7.51. The normalized spacial score (nSPS) is 17.0. The molecule has 1 saturated heterocycles. The Morgan fingerprint density at radius 3 is 2.11 bits per heavy atom. The van der Waals surface area contributed by atoms with Crippen LogP contribution in [0.2, 0.25) is 0 Å². The highest BCUT2D eigenvalue weighted by atomic mass is 16.5. The first-order chi connectivity index (χ1) is 17.0. The molecule has 180 valence electrons. The summed E-state index contributed by atoms with van der Waals surface area (Å²) in [4.78, 5) is 27.9. The predicted octanol–water partition coefficient (Wildman–Crippen LogP) is 5.50. The highest BCUT2D eigenvalue weighted by Gasteiger charge is 2.46. The van der Waals surface area contributed by atoms with Crippen LogP contribution in [-0.2, 0) is 16.1 Å². The molecule has 0 radical (unpaired) electrons. The quantitative estimate of drug-likeness (QED) is 0.254. The van der Waals surface area contributed by atoms with Crippen molar-refractivity contribution in [1.29, 1.82) is 0 Å². The van der Waals surface area contributed by atoms with Crippen LogP contribution < -0.4 is 9.47 Å². The molecule has 1 N–H and O–H groups in total. The van der Waals surface area contributed by atoms with Gasteiger partial charge in [0.2, 0.25) is 0 Å². The molecule has 1 amide bonds. The smallest absolute Gasteiger partial charge is 0.295 e. The van der Waals surface area contributed by atoms with Gasteiger partial charge in [-0.1, -0.05) is 49.4 Å². The number of carbonyl (C=O) groups excluding carboxylic acids is 2. The van der Waals surface area contributed by atoms with Crippen LogP contribution in [0.4, 0.5) is 0 Å². The molecule has 4 rings (SSSR count). The summed E-state index contributed by atoms with van der Waals surface area (Å²) in [5.74, 6) is -0.186. The van der Waals surface area contributed by atoms with E-state index in [0.717, 1.165) is 17.5 Å². The third-order valence-corrected chi connectivity index (χ3v) is 5.84. The lowest BCUT2D eigenvalue weighted by molar-refractivity contribution is -0.140. The van der Waals surface area contributed by atoms with Crippen molar-refractivity contribution in [3.8, 4) is 11.5 Å². The number of amides is 1. The van der Waals surface area contributed by atoms with E-state index in [9.17, 15) is 14.7 Å². The maximum Gasteiger partial charge on any atom is 0.295 e. The molecular formula is C29H29NO5. The van der Waals surface area contributed by atoms with Crippen LogP contribution in [0.1, 0.15) is 43.0 Å². The molecule has 0 aliphatic carbocycles. The molecule has 35 heavy (non-hydrogen) atoms. The monoisotopic (exact) mass is 471 g/mol. The van der Waals surface area contributed by atoms with E-state index in [0.29, 0.717) is 30.3 Å². The van der Waals surface area contributed by atoms with Crippen molar-refractivity contribution in [2.24, 2.45) is 0 Å². The van der Waals surface area contributed by atoms with Gasteiger partial charge in [0.25, 0.3) is 11.7 Å². The Morgan fingerprint density at radius 1 is 0.857 bits per heavy atom. The first-order valence-corrected chi connectivity index (χ1v) is 11.8. The zero-order chi connectivity index (χ0) is 24.8. The highest BCUT2D eigenvalue weighted by molar-refractivity contribution is 6.46. The van der Waals surface area contributed by atoms with E-state index < -0.39 is 17.7 Å². The average Bonchev–Trinajstić information content (AvgIpc) is 3.13. The second kappa shape index (κ2) is 10.9. The topological polar surface area (TPSA) is 76.1 Å². The number of carbonyl (C=O) groups is 2. The van der Waals surface area contributed by atoms with Crippen LogP contribution in [0.15, 0.2) is 84.4 Å². The maximum absolute atomic E-state index is 13.2. The van der Waals surface area contributed by atoms with Crippen LogP contribution >= 0.6 is 0 Å². The SMILES string of the molecule is CCCOc1ccc(C2/C(=C(\O)c3ccc(OCC)cc3)C(=O)C(=O)N2Cc2ccccc2)cc1. The molecule has 1 fully saturated rings. The molecular weight excluding hydrogens is 442 g/mol. The van der Waals surface area contributed by atoms with Gasteiger partial charge in [-0.25, -0.2) is 0 Å². The summed E-state index contributed by atoms with van der Waals surface area (Å²) in [5, 5.41) is 11.2. The number of aliphatic hydroxyl groups is 1. The minimum Gasteiger partial charge on any atom is -0.507 e. The van der Waals surface area contributed by atoms with Gasteiger partial charge < -0.3 is 19.5 Å². The summed E-state index contributed by atoms with van der Waals surface area (Å²) < 4.78 is 11.2. The van der Waals surface area contributed by atoms with Crippen molar-refractivity contribution in [2.75, 3.05) is 13.2 Å². The third-order valence-electron chi connectivity index (χ3n) is 5.84. The molecule has 3 aromatic rings. The lowest BCUT2D eigenvalue weighted by Crippen LogP contribution is -2.29. The molecule has 1 atom stereocenters. The zero-order valence-corrected chi connectivity index (χ0v) is 19.9. The first-order valence-electron chi connectivity index (χ1n) is 11.8. The van der Waals surface area contributed by atoms with Crippen molar-refractivity contribution in [3.05, 3.63) is 101 Å². The van der Waals surface area contributed by atoms with Gasteiger partial charge in [0.05, 0.1) is 24.8 Å². The number of hydrogen-bond acceptors (Lipinski definition) is 5. The average molecular weight is 472 g/mol. The lowest BCUT2D eigenvalue weighted by atomic mass is 9.95. The Hall–Kier alpha value is -4.06. The molecule has 1 heterocycles. The van der Waals surface area contributed by atoms with Gasteiger partial charge in [-0.3, -0.25) is 9.59 Å². The zero-order valence-electron chi connectivity index (χ0n) is 19.9. The summed E-state index contributed by atoms with van der Waals surface area (Å²) in [6, 6.07) is 22.9. The molecule has 0 bridgehead atoms. The number of ether oxygens (including phenoxy) is 2. The molecule has 1 aliphatic rings. The number of Topliss-reactive ketones (excluding diaryl/α,β-unsaturated/α-hetero) is 1. The van der Waals surface area contributed by atoms with Gasteiger partial charge in [0.15, 0.2) is 0 Å². The fraction of sp³-hybridized carbons (Fsp3) is 0.241. The molecule has 6 heteroatoms. The lowest BCUT2D eigenvalue weighted by Gasteiger charge is -2.25. The molecule has 6 nitrogen and oxygen atoms in total. The summed E-state index contributed by atoms with van der Waals surface area (Å²) in [6.07, 6.45) is 0.890. The molecule has 1 aliphatic heterocycles. The Bertz CT molecular complexity index is 1200. The van der Waals surface area contributed by atoms with E-state index in [-0.39, 0.29) is 17.9 Å². The first kappa shape index (κ1) is 24.1. The predicted molar refractivity (Wildman–Crippen MR) is 134 cm³/mol. The van der Waals surface area contributed by atoms with E-state index in [1.54, 1.807) is 24.3 Å². The van der Waals surface area contributed by atoms with E-state index in [1.807, 2.05) is 68.4 Å². The third kappa shape index (κ3) is 5.22. The number of ketones is 1. The second-order valence-corrected chi connectivity index (χ2v) is 8.29. The van der Waals surface area contributed by atoms with Crippen LogP contribution in [-0.4, -0.2) is 34.9 Å². The van der Waals surface area contributed by atoms with Gasteiger partial charge in [-0.05, 0) is 60.9 Å². The van der Waals surface area contributed by atoms with Crippen molar-refractivity contribution in [1.82, 2.24) is 4.90 Å². The molecule has 0 spiro atoms. The van der Waals surface area contributed by atoms with Crippen molar-refractivity contribution in [2.45, 2.75) is 32.9 Å². The van der Waals surface area contributed by atoms with Crippen LogP contribution in [0.3, 0.4) is 0 Å². The summed E-state index contributed by atoms with van der Waals surface area (Å²) >= 11 is 0. The second-order valence-electron chi connectivity index (χ2n) is 8.29. The van der Waals surface area contributed by atoms with Crippen LogP contribution in [0.25, 0.3) is 5.76 Å². The summed E-state index contributed by atoms with van der Waals surface area (Å²) in [5.41, 5.74) is 2.12. The fourth-order valence-corrected chi connectivity index (χ4v) is 4.17. The maximum atomic E-state index is 13.2. The number of benzene rings is 3. The Balaban J connectivity index is 1.77. The number of aliphatic hydroxyl groups excluding tert-OH is 1. The van der Waals surface area contributed by atoms with E-state index in [1.165, 1.54) is 4.90 Å². The van der Waals surface area contributed by atoms with Crippen LogP contribution in [0.5, 0.6) is 11.5 Å². The van der Waals surface area contributed by atoms with Gasteiger partial charge in [-0.2, -0.15) is 0 Å². The largest absolute Gasteiger partial charge is 0.507 e. The summed E-state index contributed by atoms with van der Waals surface area (Å²) in [6.45, 7) is 5.29. The van der Waals surface area contributed by atoms with Gasteiger partial charge >= 0.3 is 0 Å². The number of nitrogens with zero attached hydrogens (tertiary/aromatic N) is 1. The van der Waals surface area contributed by atoms with Crippen molar-refractivity contribution >= 4 is 17.4 Å². The number of hydrogen-bond donors (Lipinski definition) is 1. The number of likely N-dealkylation sites (tertiary alicyclic amines) is 1. The Labute approximate surface area is 205 Å². The standard InChI is InChI=1S/C29H29NO5/c1-3-18-35-24-14-10-21(11-15-24)26-25(27(31)22-12-16-23(17-13-22)34-4-2)28(32)29(33)30(26)19-20-8-6-5-7-9-20/h5-17,26,31H,3-4,18-19H2,1-2H3/b27-25+. The Morgan fingerprint density at radius 2 is 1.49 bits per heavy atom. The molecule has 0 saturated carbocycles. The van der Waals surface area contributed by atoms with Gasteiger partial charge in [0.1, 0.15) is 17.3 Å². The van der Waals surface area contributed by atoms with Crippen LogP contribution in [0, 0.1) is 0 Å². The summed E-state index contributed by atoms with van der Waals surface area (Å²) in [7, 11) is 0.